The summed E-state index contributed by atoms with van der Waals surface area (Å²) >= 11 is 0. The SMILES string of the molecule is COc1ccc(S(=O)(=O)N(CC(=O)Nc2ccc(CC#N)cc2)c2ccccc2)cc1C. The lowest BCUT2D eigenvalue weighted by molar-refractivity contribution is -0.114. The van der Waals surface area contributed by atoms with Gasteiger partial charge in [0.25, 0.3) is 10.0 Å². The standard InChI is InChI=1S/C24H23N3O4S/c1-18-16-22(12-13-23(18)31-2)32(29,30)27(21-6-4-3-5-7-21)17-24(28)26-20-10-8-19(9-11-20)14-15-25/h3-13,16H,14,17H2,1-2H3,(H,26,28). The Bertz CT molecular complexity index is 1230. The second kappa shape index (κ2) is 9.98. The molecule has 3 aromatic rings. The number of carbonyl (C=O) groups is 1. The van der Waals surface area contributed by atoms with Crippen LogP contribution < -0.4 is 14.4 Å². The first-order chi connectivity index (χ1) is 15.3. The van der Waals surface area contributed by atoms with E-state index in [9.17, 15) is 13.2 Å². The van der Waals surface area contributed by atoms with Crippen LogP contribution in [0.15, 0.2) is 77.7 Å². The van der Waals surface area contributed by atoms with Gasteiger partial charge < -0.3 is 10.1 Å². The number of benzene rings is 3. The number of hydrogen-bond donors (Lipinski definition) is 1. The molecular weight excluding hydrogens is 426 g/mol. The third-order valence-corrected chi connectivity index (χ3v) is 6.58. The summed E-state index contributed by atoms with van der Waals surface area (Å²) in [7, 11) is -2.50. The summed E-state index contributed by atoms with van der Waals surface area (Å²) in [5.74, 6) is 0.0866. The van der Waals surface area contributed by atoms with Crippen molar-refractivity contribution in [2.24, 2.45) is 0 Å². The number of amides is 1. The van der Waals surface area contributed by atoms with E-state index in [0.29, 0.717) is 22.7 Å². The van der Waals surface area contributed by atoms with Gasteiger partial charge in [0.1, 0.15) is 12.3 Å². The second-order valence-electron chi connectivity index (χ2n) is 7.06. The number of ether oxygens (including phenoxy) is 1. The molecule has 164 valence electrons. The number of aryl methyl sites for hydroxylation is 1. The molecule has 3 aromatic carbocycles. The van der Waals surface area contributed by atoms with E-state index in [4.69, 9.17) is 10.00 Å². The van der Waals surface area contributed by atoms with Crippen molar-refractivity contribution in [3.63, 3.8) is 0 Å². The fourth-order valence-corrected chi connectivity index (χ4v) is 4.68. The van der Waals surface area contributed by atoms with E-state index < -0.39 is 22.5 Å². The molecule has 8 heteroatoms. The summed E-state index contributed by atoms with van der Waals surface area (Å²) < 4.78 is 33.2. The van der Waals surface area contributed by atoms with Gasteiger partial charge in [0.2, 0.25) is 5.91 Å². The van der Waals surface area contributed by atoms with Crippen molar-refractivity contribution in [3.8, 4) is 11.8 Å². The molecule has 0 spiro atoms. The van der Waals surface area contributed by atoms with Crippen molar-refractivity contribution in [1.29, 1.82) is 5.26 Å². The number of rotatable bonds is 8. The maximum absolute atomic E-state index is 13.5. The van der Waals surface area contributed by atoms with Crippen LogP contribution in [0.4, 0.5) is 11.4 Å². The number of carbonyl (C=O) groups excluding carboxylic acids is 1. The minimum absolute atomic E-state index is 0.0632. The Morgan fingerprint density at radius 3 is 2.34 bits per heavy atom. The highest BCUT2D eigenvalue weighted by atomic mass is 32.2. The van der Waals surface area contributed by atoms with Crippen molar-refractivity contribution in [1.82, 2.24) is 0 Å². The summed E-state index contributed by atoms with van der Waals surface area (Å²) in [6, 6.07) is 21.9. The normalized spacial score (nSPS) is 10.8. The number of nitrogens with one attached hydrogen (secondary N) is 1. The first-order valence-corrected chi connectivity index (χ1v) is 11.3. The van der Waals surface area contributed by atoms with E-state index in [1.54, 1.807) is 67.6 Å². The highest BCUT2D eigenvalue weighted by molar-refractivity contribution is 7.92. The average molecular weight is 450 g/mol. The lowest BCUT2D eigenvalue weighted by atomic mass is 10.1. The molecule has 0 atom stereocenters. The quantitative estimate of drug-likeness (QED) is 0.562. The summed E-state index contributed by atoms with van der Waals surface area (Å²) in [6.07, 6.45) is 0.273. The van der Waals surface area contributed by atoms with Gasteiger partial charge >= 0.3 is 0 Å². The fraction of sp³-hybridized carbons (Fsp3) is 0.167. The molecule has 1 amide bonds. The monoisotopic (exact) mass is 449 g/mol. The van der Waals surface area contributed by atoms with Crippen LogP contribution >= 0.6 is 0 Å². The molecule has 0 saturated heterocycles. The van der Waals surface area contributed by atoms with Crippen LogP contribution in [0.1, 0.15) is 11.1 Å². The van der Waals surface area contributed by atoms with Gasteiger partial charge in [-0.15, -0.1) is 0 Å². The number of nitrogens with zero attached hydrogens (tertiary/aromatic N) is 2. The topological polar surface area (TPSA) is 99.5 Å². The molecule has 0 unspecified atom stereocenters. The van der Waals surface area contributed by atoms with Crippen LogP contribution in [0.3, 0.4) is 0 Å². The molecule has 0 aromatic heterocycles. The zero-order valence-electron chi connectivity index (χ0n) is 17.8. The number of anilines is 2. The zero-order chi connectivity index (χ0) is 23.1. The molecule has 0 saturated carbocycles. The predicted octanol–water partition coefficient (Wildman–Crippen LogP) is 3.90. The van der Waals surface area contributed by atoms with E-state index in [-0.39, 0.29) is 11.3 Å². The predicted molar refractivity (Wildman–Crippen MR) is 123 cm³/mol. The maximum Gasteiger partial charge on any atom is 0.264 e. The van der Waals surface area contributed by atoms with Crippen LogP contribution in [0.5, 0.6) is 5.75 Å². The molecule has 0 aliphatic heterocycles. The zero-order valence-corrected chi connectivity index (χ0v) is 18.6. The largest absolute Gasteiger partial charge is 0.496 e. The number of methoxy groups -OCH3 is 1. The van der Waals surface area contributed by atoms with Crippen molar-refractivity contribution in [2.75, 3.05) is 23.3 Å². The van der Waals surface area contributed by atoms with Crippen LogP contribution in [0, 0.1) is 18.3 Å². The van der Waals surface area contributed by atoms with Gasteiger partial charge in [0.05, 0.1) is 30.2 Å². The van der Waals surface area contributed by atoms with Crippen LogP contribution in [-0.2, 0) is 21.2 Å². The number of sulfonamides is 1. The Morgan fingerprint density at radius 2 is 1.75 bits per heavy atom. The fourth-order valence-electron chi connectivity index (χ4n) is 3.18. The van der Waals surface area contributed by atoms with Crippen molar-refractivity contribution < 1.29 is 17.9 Å². The Morgan fingerprint density at radius 1 is 1.06 bits per heavy atom. The molecule has 0 bridgehead atoms. The highest BCUT2D eigenvalue weighted by Gasteiger charge is 2.27. The Kier molecular flexibility index (Phi) is 7.13. The van der Waals surface area contributed by atoms with Crippen LogP contribution in [0.2, 0.25) is 0 Å². The number of nitriles is 1. The van der Waals surface area contributed by atoms with Gasteiger partial charge in [-0.25, -0.2) is 8.42 Å². The molecular formula is C24H23N3O4S. The van der Waals surface area contributed by atoms with Gasteiger partial charge in [-0.1, -0.05) is 30.3 Å². The Balaban J connectivity index is 1.89. The minimum Gasteiger partial charge on any atom is -0.496 e. The van der Waals surface area contributed by atoms with E-state index in [0.717, 1.165) is 9.87 Å². The molecule has 3 rings (SSSR count). The molecule has 1 N–H and O–H groups in total. The van der Waals surface area contributed by atoms with Crippen molar-refractivity contribution >= 4 is 27.3 Å². The summed E-state index contributed by atoms with van der Waals surface area (Å²) in [4.78, 5) is 12.8. The third kappa shape index (κ3) is 5.25. The smallest absolute Gasteiger partial charge is 0.264 e. The molecule has 32 heavy (non-hydrogen) atoms. The summed E-state index contributed by atoms with van der Waals surface area (Å²) in [6.45, 7) is 1.35. The molecule has 7 nitrogen and oxygen atoms in total. The van der Waals surface area contributed by atoms with Gasteiger partial charge in [0.15, 0.2) is 0 Å². The second-order valence-corrected chi connectivity index (χ2v) is 8.92. The average Bonchev–Trinajstić information content (AvgIpc) is 2.79. The molecule has 0 aliphatic rings. The van der Waals surface area contributed by atoms with Gasteiger partial charge in [-0.3, -0.25) is 9.10 Å². The van der Waals surface area contributed by atoms with Gasteiger partial charge in [0, 0.05) is 5.69 Å². The Labute approximate surface area is 187 Å². The highest BCUT2D eigenvalue weighted by Crippen LogP contribution is 2.27. The molecule has 0 aliphatic carbocycles. The summed E-state index contributed by atoms with van der Waals surface area (Å²) in [5.41, 5.74) is 2.39. The van der Waals surface area contributed by atoms with Crippen LogP contribution in [-0.4, -0.2) is 28.0 Å². The lowest BCUT2D eigenvalue weighted by Crippen LogP contribution is -2.38. The lowest BCUT2D eigenvalue weighted by Gasteiger charge is -2.24. The van der Waals surface area contributed by atoms with Crippen molar-refractivity contribution in [3.05, 3.63) is 83.9 Å². The summed E-state index contributed by atoms with van der Waals surface area (Å²) in [5, 5.41) is 11.5. The van der Waals surface area contributed by atoms with E-state index >= 15 is 0 Å². The number of hydrogen-bond acceptors (Lipinski definition) is 5. The van der Waals surface area contributed by atoms with Crippen LogP contribution in [0.25, 0.3) is 0 Å². The molecule has 0 fully saturated rings. The van der Waals surface area contributed by atoms with E-state index in [2.05, 4.69) is 11.4 Å². The minimum atomic E-state index is -4.02. The first-order valence-electron chi connectivity index (χ1n) is 9.83. The molecule has 0 radical (unpaired) electrons. The van der Waals surface area contributed by atoms with Gasteiger partial charge in [-0.05, 0) is 60.5 Å². The Hall–Kier alpha value is -3.83. The first kappa shape index (κ1) is 22.8. The van der Waals surface area contributed by atoms with E-state index in [1.165, 1.54) is 19.2 Å². The number of para-hydroxylation sites is 1. The van der Waals surface area contributed by atoms with Crippen molar-refractivity contribution in [2.45, 2.75) is 18.2 Å². The van der Waals surface area contributed by atoms with Gasteiger partial charge in [-0.2, -0.15) is 5.26 Å². The third-order valence-electron chi connectivity index (χ3n) is 4.81. The maximum atomic E-state index is 13.5. The molecule has 0 heterocycles. The van der Waals surface area contributed by atoms with E-state index in [1.807, 2.05) is 0 Å².